The molecule has 1 N–H and O–H groups in total. The molecule has 74 valence electrons. The van der Waals surface area contributed by atoms with Crippen LogP contribution in [-0.4, -0.2) is 42.0 Å². The molecular formula is C9H21NOS. The Bertz CT molecular complexity index is 128. The fourth-order valence-corrected chi connectivity index (χ4v) is 1.12. The van der Waals surface area contributed by atoms with Crippen LogP contribution in [0.5, 0.6) is 0 Å². The van der Waals surface area contributed by atoms with Crippen LogP contribution >= 0.6 is 12.6 Å². The molecule has 0 heterocycles. The van der Waals surface area contributed by atoms with Crippen molar-refractivity contribution in [2.45, 2.75) is 26.8 Å². The van der Waals surface area contributed by atoms with Crippen molar-refractivity contribution in [3.8, 4) is 0 Å². The normalized spacial score (nSPS) is 15.2. The highest BCUT2D eigenvalue weighted by Crippen LogP contribution is 2.18. The first kappa shape index (κ1) is 12.3. The molecule has 0 aromatic carbocycles. The Morgan fingerprint density at radius 2 is 2.00 bits per heavy atom. The van der Waals surface area contributed by atoms with Gasteiger partial charge in [-0.25, -0.2) is 0 Å². The third-order valence-corrected chi connectivity index (χ3v) is 2.98. The number of aliphatic hydroxyl groups excluding tert-OH is 1. The lowest BCUT2D eigenvalue weighted by Crippen LogP contribution is -2.39. The monoisotopic (exact) mass is 191 g/mol. The summed E-state index contributed by atoms with van der Waals surface area (Å²) in [5.74, 6) is 0.871. The summed E-state index contributed by atoms with van der Waals surface area (Å²) in [6.45, 7) is 7.58. The summed E-state index contributed by atoms with van der Waals surface area (Å²) in [6, 6.07) is 0.240. The van der Waals surface area contributed by atoms with Gasteiger partial charge in [-0.2, -0.15) is 12.6 Å². The molecule has 2 nitrogen and oxygen atoms in total. The van der Waals surface area contributed by atoms with Crippen LogP contribution in [0.25, 0.3) is 0 Å². The third-order valence-electron chi connectivity index (χ3n) is 2.12. The number of nitrogens with zero attached hydrogens (tertiary/aromatic N) is 1. The molecule has 0 rings (SSSR count). The van der Waals surface area contributed by atoms with E-state index in [1.165, 1.54) is 0 Å². The summed E-state index contributed by atoms with van der Waals surface area (Å²) in [7, 11) is 2.03. The van der Waals surface area contributed by atoms with E-state index >= 15 is 0 Å². The number of hydrogen-bond acceptors (Lipinski definition) is 3. The molecule has 0 radical (unpaired) electrons. The summed E-state index contributed by atoms with van der Waals surface area (Å²) in [5.41, 5.74) is 0.224. The summed E-state index contributed by atoms with van der Waals surface area (Å²) in [6.07, 6.45) is 0. The first-order chi connectivity index (χ1) is 5.43. The van der Waals surface area contributed by atoms with Crippen molar-refractivity contribution in [2.24, 2.45) is 5.41 Å². The van der Waals surface area contributed by atoms with Crippen LogP contribution < -0.4 is 0 Å². The van der Waals surface area contributed by atoms with Gasteiger partial charge in [-0.3, -0.25) is 0 Å². The van der Waals surface area contributed by atoms with Gasteiger partial charge in [0, 0.05) is 12.6 Å². The lowest BCUT2D eigenvalue weighted by atomic mass is 9.95. The van der Waals surface area contributed by atoms with E-state index in [0.29, 0.717) is 0 Å². The molecule has 0 spiro atoms. The molecule has 0 aliphatic carbocycles. The third kappa shape index (κ3) is 4.33. The maximum Gasteiger partial charge on any atom is 0.0584 e. The van der Waals surface area contributed by atoms with Gasteiger partial charge in [-0.15, -0.1) is 0 Å². The molecule has 3 heteroatoms. The standard InChI is InChI=1S/C9H21NOS/c1-8(5-11)10(4)6-9(2,3)7-12/h8,11-12H,5-7H2,1-4H3. The molecular weight excluding hydrogens is 170 g/mol. The molecule has 0 aliphatic heterocycles. The Hall–Kier alpha value is 0.270. The molecule has 0 bridgehead atoms. The summed E-state index contributed by atoms with van der Waals surface area (Å²) in [5, 5.41) is 8.91. The summed E-state index contributed by atoms with van der Waals surface area (Å²) < 4.78 is 0. The minimum Gasteiger partial charge on any atom is -0.395 e. The first-order valence-corrected chi connectivity index (χ1v) is 4.98. The van der Waals surface area contributed by atoms with Crippen molar-refractivity contribution < 1.29 is 5.11 Å². The van der Waals surface area contributed by atoms with E-state index in [1.54, 1.807) is 0 Å². The second-order valence-electron chi connectivity index (χ2n) is 4.27. The molecule has 1 unspecified atom stereocenters. The van der Waals surface area contributed by atoms with Gasteiger partial charge in [0.1, 0.15) is 0 Å². The highest BCUT2D eigenvalue weighted by atomic mass is 32.1. The SMILES string of the molecule is CC(CO)N(C)CC(C)(C)CS. The predicted octanol–water partition coefficient (Wildman–Crippen LogP) is 1.26. The van der Waals surface area contributed by atoms with E-state index in [0.717, 1.165) is 12.3 Å². The lowest BCUT2D eigenvalue weighted by Gasteiger charge is -2.31. The van der Waals surface area contributed by atoms with Crippen molar-refractivity contribution in [2.75, 3.05) is 26.0 Å². The molecule has 0 aliphatic rings. The van der Waals surface area contributed by atoms with E-state index < -0.39 is 0 Å². The van der Waals surface area contributed by atoms with Crippen molar-refractivity contribution in [1.82, 2.24) is 4.90 Å². The van der Waals surface area contributed by atoms with Gasteiger partial charge in [0.2, 0.25) is 0 Å². The topological polar surface area (TPSA) is 23.5 Å². The molecule has 1 atom stereocenters. The fourth-order valence-electron chi connectivity index (χ4n) is 1.02. The maximum atomic E-state index is 8.91. The Labute approximate surface area is 81.4 Å². The van der Waals surface area contributed by atoms with Crippen molar-refractivity contribution in [3.05, 3.63) is 0 Å². The second-order valence-corrected chi connectivity index (χ2v) is 4.59. The first-order valence-electron chi connectivity index (χ1n) is 4.35. The van der Waals surface area contributed by atoms with Crippen molar-refractivity contribution >= 4 is 12.6 Å². The highest BCUT2D eigenvalue weighted by Gasteiger charge is 2.20. The number of hydrogen-bond donors (Lipinski definition) is 2. The van der Waals surface area contributed by atoms with Crippen LogP contribution in [0.3, 0.4) is 0 Å². The second kappa shape index (κ2) is 5.10. The zero-order chi connectivity index (χ0) is 9.78. The molecule has 12 heavy (non-hydrogen) atoms. The Morgan fingerprint density at radius 3 is 2.33 bits per heavy atom. The van der Waals surface area contributed by atoms with Crippen LogP contribution in [0, 0.1) is 5.41 Å². The zero-order valence-electron chi connectivity index (χ0n) is 8.54. The fraction of sp³-hybridized carbons (Fsp3) is 1.00. The van der Waals surface area contributed by atoms with Crippen LogP contribution in [0.4, 0.5) is 0 Å². The highest BCUT2D eigenvalue weighted by molar-refractivity contribution is 7.80. The number of thiol groups is 1. The van der Waals surface area contributed by atoms with E-state index in [1.807, 2.05) is 14.0 Å². The zero-order valence-corrected chi connectivity index (χ0v) is 9.43. The van der Waals surface area contributed by atoms with Gasteiger partial charge < -0.3 is 10.0 Å². The largest absolute Gasteiger partial charge is 0.395 e. The van der Waals surface area contributed by atoms with Crippen molar-refractivity contribution in [3.63, 3.8) is 0 Å². The molecule has 0 amide bonds. The van der Waals surface area contributed by atoms with Crippen LogP contribution in [0.15, 0.2) is 0 Å². The molecule has 0 saturated heterocycles. The molecule has 0 saturated carbocycles. The molecule has 0 fully saturated rings. The van der Waals surface area contributed by atoms with Crippen LogP contribution in [0.2, 0.25) is 0 Å². The van der Waals surface area contributed by atoms with Crippen LogP contribution in [0.1, 0.15) is 20.8 Å². The maximum absolute atomic E-state index is 8.91. The smallest absolute Gasteiger partial charge is 0.0584 e. The Morgan fingerprint density at radius 1 is 1.50 bits per heavy atom. The molecule has 0 aromatic heterocycles. The van der Waals surface area contributed by atoms with Gasteiger partial charge in [0.25, 0.3) is 0 Å². The molecule has 0 aromatic rings. The quantitative estimate of drug-likeness (QED) is 0.639. The predicted molar refractivity (Wildman–Crippen MR) is 56.8 cm³/mol. The van der Waals surface area contributed by atoms with Gasteiger partial charge in [0.05, 0.1) is 6.61 Å². The Kier molecular flexibility index (Phi) is 5.21. The minimum atomic E-state index is 0.221. The average molecular weight is 191 g/mol. The van der Waals surface area contributed by atoms with E-state index in [4.69, 9.17) is 5.11 Å². The van der Waals surface area contributed by atoms with Gasteiger partial charge in [0.15, 0.2) is 0 Å². The Balaban J connectivity index is 3.90. The number of aliphatic hydroxyl groups is 1. The van der Waals surface area contributed by atoms with Gasteiger partial charge >= 0.3 is 0 Å². The van der Waals surface area contributed by atoms with Crippen LogP contribution in [-0.2, 0) is 0 Å². The summed E-state index contributed by atoms with van der Waals surface area (Å²) >= 11 is 4.28. The van der Waals surface area contributed by atoms with Crippen molar-refractivity contribution in [1.29, 1.82) is 0 Å². The van der Waals surface area contributed by atoms with Gasteiger partial charge in [-0.05, 0) is 25.1 Å². The number of rotatable bonds is 5. The van der Waals surface area contributed by atoms with E-state index in [9.17, 15) is 0 Å². The average Bonchev–Trinajstić information content (AvgIpc) is 2.02. The van der Waals surface area contributed by atoms with E-state index in [2.05, 4.69) is 31.4 Å². The van der Waals surface area contributed by atoms with Gasteiger partial charge in [-0.1, -0.05) is 13.8 Å². The lowest BCUT2D eigenvalue weighted by molar-refractivity contribution is 0.126. The minimum absolute atomic E-state index is 0.221. The summed E-state index contributed by atoms with van der Waals surface area (Å²) in [4.78, 5) is 2.16. The number of likely N-dealkylation sites (N-methyl/N-ethyl adjacent to an activating group) is 1. The van der Waals surface area contributed by atoms with E-state index in [-0.39, 0.29) is 18.1 Å².